The highest BCUT2D eigenvalue weighted by molar-refractivity contribution is 7.89. The molecule has 0 bridgehead atoms. The molecule has 1 aromatic carbocycles. The van der Waals surface area contributed by atoms with Crippen LogP contribution in [0, 0.1) is 12.1 Å². The largest absolute Gasteiger partial charge is 0.618 e. The molecule has 180 valence electrons. The zero-order valence-corrected chi connectivity index (χ0v) is 20.1. The molecule has 3 aromatic heterocycles. The van der Waals surface area contributed by atoms with Crippen LogP contribution in [0.2, 0.25) is 5.02 Å². The molecule has 5 rings (SSSR count). The van der Waals surface area contributed by atoms with E-state index in [-0.39, 0.29) is 54.3 Å². The Kier molecular flexibility index (Phi) is 5.87. The van der Waals surface area contributed by atoms with Crippen LogP contribution < -0.4 is 4.73 Å². The van der Waals surface area contributed by atoms with Crippen LogP contribution in [-0.2, 0) is 10.0 Å². The number of aromatic amines is 1. The van der Waals surface area contributed by atoms with Crippen molar-refractivity contribution in [2.75, 3.05) is 26.2 Å². The lowest BCUT2D eigenvalue weighted by Gasteiger charge is -2.33. The average molecular weight is 514 g/mol. The van der Waals surface area contributed by atoms with E-state index in [1.165, 1.54) is 22.9 Å². The lowest BCUT2D eigenvalue weighted by molar-refractivity contribution is -0.594. The monoisotopic (exact) mass is 513 g/mol. The predicted molar refractivity (Wildman–Crippen MR) is 127 cm³/mol. The van der Waals surface area contributed by atoms with Crippen molar-refractivity contribution in [3.63, 3.8) is 0 Å². The minimum absolute atomic E-state index is 0.115. The summed E-state index contributed by atoms with van der Waals surface area (Å²) < 4.78 is 28.1. The van der Waals surface area contributed by atoms with E-state index in [1.807, 2.05) is 6.92 Å². The summed E-state index contributed by atoms with van der Waals surface area (Å²) >= 11 is 5.97. The molecule has 35 heavy (non-hydrogen) atoms. The minimum atomic E-state index is -3.87. The van der Waals surface area contributed by atoms with E-state index in [0.717, 1.165) is 5.56 Å². The second kappa shape index (κ2) is 8.87. The van der Waals surface area contributed by atoms with E-state index < -0.39 is 10.0 Å². The Morgan fingerprint density at radius 2 is 1.83 bits per heavy atom. The fourth-order valence-electron chi connectivity index (χ4n) is 3.84. The van der Waals surface area contributed by atoms with Crippen molar-refractivity contribution in [1.82, 2.24) is 29.1 Å². The summed E-state index contributed by atoms with van der Waals surface area (Å²) in [5, 5.41) is 12.3. The number of aromatic nitrogens is 5. The molecule has 0 atom stereocenters. The lowest BCUT2D eigenvalue weighted by Crippen LogP contribution is -2.50. The Balaban J connectivity index is 1.27. The number of hydrogen-bond acceptors (Lipinski definition) is 7. The van der Waals surface area contributed by atoms with Crippen LogP contribution in [0.1, 0.15) is 15.9 Å². The number of H-pyrrole nitrogens is 1. The summed E-state index contributed by atoms with van der Waals surface area (Å²) in [6, 6.07) is 8.24. The van der Waals surface area contributed by atoms with Gasteiger partial charge in [0.2, 0.25) is 11.0 Å². The molecule has 13 heteroatoms. The van der Waals surface area contributed by atoms with E-state index >= 15 is 0 Å². The van der Waals surface area contributed by atoms with Gasteiger partial charge in [0.05, 0.1) is 16.6 Å². The van der Waals surface area contributed by atoms with Crippen molar-refractivity contribution in [3.8, 4) is 11.5 Å². The van der Waals surface area contributed by atoms with Gasteiger partial charge in [-0.1, -0.05) is 11.6 Å². The normalized spacial score (nSPS) is 15.0. The molecule has 1 saturated heterocycles. The number of amides is 1. The number of carbonyl (C=O) groups excluding carboxylic acids is 1. The van der Waals surface area contributed by atoms with Crippen LogP contribution in [-0.4, -0.2) is 69.6 Å². The summed E-state index contributed by atoms with van der Waals surface area (Å²) in [7, 11) is -3.87. The Morgan fingerprint density at radius 3 is 2.54 bits per heavy atom. The second-order valence-electron chi connectivity index (χ2n) is 8.11. The third kappa shape index (κ3) is 4.43. The molecule has 1 N–H and O–H groups in total. The number of pyridine rings is 1. The molecular weight excluding hydrogens is 494 g/mol. The van der Waals surface area contributed by atoms with Gasteiger partial charge < -0.3 is 15.1 Å². The third-order valence-corrected chi connectivity index (χ3v) is 7.70. The fraction of sp³-hybridized carbons (Fsp3) is 0.227. The van der Waals surface area contributed by atoms with E-state index in [0.29, 0.717) is 20.8 Å². The first-order valence-corrected chi connectivity index (χ1v) is 12.5. The first kappa shape index (κ1) is 23.1. The predicted octanol–water partition coefficient (Wildman–Crippen LogP) is 1.76. The third-order valence-electron chi connectivity index (χ3n) is 5.73. The van der Waals surface area contributed by atoms with Crippen LogP contribution in [0.25, 0.3) is 22.6 Å². The van der Waals surface area contributed by atoms with E-state index in [1.54, 1.807) is 35.2 Å². The van der Waals surface area contributed by atoms with Gasteiger partial charge in [0.15, 0.2) is 6.20 Å². The Labute approximate surface area is 205 Å². The first-order valence-electron chi connectivity index (χ1n) is 10.7. The molecule has 0 unspecified atom stereocenters. The summed E-state index contributed by atoms with van der Waals surface area (Å²) in [6.45, 7) is 2.48. The molecule has 0 spiro atoms. The highest BCUT2D eigenvalue weighted by atomic mass is 35.5. The summed E-state index contributed by atoms with van der Waals surface area (Å²) in [4.78, 5) is 29.8. The van der Waals surface area contributed by atoms with Crippen molar-refractivity contribution < 1.29 is 17.9 Å². The number of aryl methyl sites for hydroxylation is 1. The Hall–Kier alpha value is -3.61. The molecule has 1 amide bonds. The van der Waals surface area contributed by atoms with Crippen LogP contribution >= 0.6 is 11.6 Å². The molecule has 4 heterocycles. The van der Waals surface area contributed by atoms with Gasteiger partial charge in [-0.3, -0.25) is 4.79 Å². The van der Waals surface area contributed by atoms with Gasteiger partial charge in [-0.05, 0) is 30.7 Å². The molecule has 1 aliphatic heterocycles. The van der Waals surface area contributed by atoms with Crippen LogP contribution in [0.4, 0.5) is 0 Å². The number of benzene rings is 1. The topological polar surface area (TPSA) is 139 Å². The van der Waals surface area contributed by atoms with Gasteiger partial charge in [0, 0.05) is 55.7 Å². The van der Waals surface area contributed by atoms with E-state index in [9.17, 15) is 18.4 Å². The van der Waals surface area contributed by atoms with E-state index in [2.05, 4.69) is 19.9 Å². The minimum Gasteiger partial charge on any atom is -0.618 e. The number of fused-ring (bicyclic) bond motifs is 1. The van der Waals surface area contributed by atoms with Crippen LogP contribution in [0.5, 0.6) is 0 Å². The molecule has 0 aliphatic carbocycles. The molecule has 1 aliphatic rings. The number of hydrogen-bond donors (Lipinski definition) is 1. The number of imidazole rings is 1. The number of sulfonamides is 1. The molecule has 0 saturated carbocycles. The standard InChI is InChI=1S/C22H20ClN7O4S/c1-14-4-5-30(32)19(10-14)20-24-12-15(13-25-20)21(31)28-6-8-29(9-7-28)35(33,34)22-26-17-3-2-16(23)11-18(17)27-22/h2-5,10-13H,6-9H2,1H3,(H,26,27). The van der Waals surface area contributed by atoms with Gasteiger partial charge in [-0.2, -0.15) is 9.04 Å². The Morgan fingerprint density at radius 1 is 1.11 bits per heavy atom. The van der Waals surface area contributed by atoms with E-state index in [4.69, 9.17) is 11.6 Å². The zero-order chi connectivity index (χ0) is 24.7. The fourth-order valence-corrected chi connectivity index (χ4v) is 5.36. The van der Waals surface area contributed by atoms with Crippen molar-refractivity contribution in [2.45, 2.75) is 12.1 Å². The van der Waals surface area contributed by atoms with Crippen LogP contribution in [0.3, 0.4) is 0 Å². The second-order valence-corrected chi connectivity index (χ2v) is 10.4. The number of nitrogens with zero attached hydrogens (tertiary/aromatic N) is 6. The lowest BCUT2D eigenvalue weighted by atomic mass is 10.2. The van der Waals surface area contributed by atoms with Crippen LogP contribution in [0.15, 0.2) is 54.1 Å². The molecule has 4 aromatic rings. The summed E-state index contributed by atoms with van der Waals surface area (Å²) in [5.74, 6) is -0.102. The van der Waals surface area contributed by atoms with Gasteiger partial charge in [-0.25, -0.2) is 23.4 Å². The summed E-state index contributed by atoms with van der Waals surface area (Å²) in [5.41, 5.74) is 2.45. The van der Waals surface area contributed by atoms with Crippen molar-refractivity contribution >= 4 is 38.6 Å². The maximum atomic E-state index is 13.1. The highest BCUT2D eigenvalue weighted by Crippen LogP contribution is 2.22. The maximum Gasteiger partial charge on any atom is 0.276 e. The molecule has 1 fully saturated rings. The van der Waals surface area contributed by atoms with Gasteiger partial charge in [0.1, 0.15) is 0 Å². The number of piperazine rings is 1. The number of carbonyl (C=O) groups is 1. The molecular formula is C22H20ClN7O4S. The van der Waals surface area contributed by atoms with Crippen molar-refractivity contribution in [1.29, 1.82) is 0 Å². The number of nitrogens with one attached hydrogen (secondary N) is 1. The number of rotatable bonds is 4. The van der Waals surface area contributed by atoms with Gasteiger partial charge >= 0.3 is 0 Å². The van der Waals surface area contributed by atoms with Gasteiger partial charge in [0.25, 0.3) is 21.6 Å². The summed E-state index contributed by atoms with van der Waals surface area (Å²) in [6.07, 6.45) is 4.12. The SMILES string of the molecule is Cc1cc[n+]([O-])c(-c2ncc(C(=O)N3CCN(S(=O)(=O)c4nc5ccc(Cl)cc5[nH]4)CC3)cn2)c1. The molecule has 0 radical (unpaired) electrons. The zero-order valence-electron chi connectivity index (χ0n) is 18.5. The molecule has 11 nitrogen and oxygen atoms in total. The van der Waals surface area contributed by atoms with Gasteiger partial charge in [-0.15, -0.1) is 0 Å². The maximum absolute atomic E-state index is 13.1. The number of halogens is 1. The quantitative estimate of drug-likeness (QED) is 0.324. The first-order chi connectivity index (χ1) is 16.7. The average Bonchev–Trinajstić information content (AvgIpc) is 3.29. The Bertz CT molecular complexity index is 1530. The highest BCUT2D eigenvalue weighted by Gasteiger charge is 2.32. The van der Waals surface area contributed by atoms with Crippen molar-refractivity contribution in [2.24, 2.45) is 0 Å². The van der Waals surface area contributed by atoms with Crippen molar-refractivity contribution in [3.05, 3.63) is 70.3 Å². The smallest absolute Gasteiger partial charge is 0.276 e.